The molecule has 198 valence electrons. The van der Waals surface area contributed by atoms with Gasteiger partial charge in [0.2, 0.25) is 0 Å². The Bertz CT molecular complexity index is 1500. The first-order chi connectivity index (χ1) is 18.0. The number of para-hydroxylation sites is 2. The SMILES string of the molecule is CCOC(=O)C(O)(c1c(C)c2cc(OC)ccc2n1-c1ccccc1NC(=O)c1ccccc1)C(F)(F)F. The fraction of sp³-hybridized carbons (Fsp3) is 0.214. The van der Waals surface area contributed by atoms with E-state index in [0.29, 0.717) is 16.7 Å². The van der Waals surface area contributed by atoms with Crippen LogP contribution in [0, 0.1) is 6.92 Å². The number of aliphatic hydroxyl groups is 1. The number of carbonyl (C=O) groups is 2. The molecule has 1 aromatic heterocycles. The van der Waals surface area contributed by atoms with E-state index in [4.69, 9.17) is 9.47 Å². The number of rotatable bonds is 7. The fourth-order valence-corrected chi connectivity index (χ4v) is 4.38. The van der Waals surface area contributed by atoms with Crippen LogP contribution in [0.1, 0.15) is 28.5 Å². The molecule has 1 unspecified atom stereocenters. The molecule has 1 amide bonds. The summed E-state index contributed by atoms with van der Waals surface area (Å²) < 4.78 is 54.8. The topological polar surface area (TPSA) is 89.8 Å². The van der Waals surface area contributed by atoms with E-state index in [1.165, 1.54) is 45.2 Å². The van der Waals surface area contributed by atoms with E-state index in [1.807, 2.05) is 0 Å². The van der Waals surface area contributed by atoms with Crippen molar-refractivity contribution in [2.45, 2.75) is 25.6 Å². The molecule has 0 fully saturated rings. The highest BCUT2D eigenvalue weighted by Crippen LogP contribution is 2.46. The third-order valence-electron chi connectivity index (χ3n) is 6.18. The van der Waals surface area contributed by atoms with Crippen molar-refractivity contribution in [3.63, 3.8) is 0 Å². The Kier molecular flexibility index (Phi) is 7.19. The number of benzene rings is 3. The second kappa shape index (κ2) is 10.2. The van der Waals surface area contributed by atoms with Crippen molar-refractivity contribution < 1.29 is 37.3 Å². The molecule has 3 aromatic carbocycles. The number of ether oxygens (including phenoxy) is 2. The van der Waals surface area contributed by atoms with E-state index in [1.54, 1.807) is 48.5 Å². The highest BCUT2D eigenvalue weighted by molar-refractivity contribution is 6.05. The number of fused-ring (bicyclic) bond motifs is 1. The van der Waals surface area contributed by atoms with Gasteiger partial charge in [-0.1, -0.05) is 30.3 Å². The van der Waals surface area contributed by atoms with Crippen LogP contribution >= 0.6 is 0 Å². The molecule has 0 aliphatic carbocycles. The summed E-state index contributed by atoms with van der Waals surface area (Å²) in [6.45, 7) is 2.33. The molecule has 4 rings (SSSR count). The van der Waals surface area contributed by atoms with Gasteiger partial charge in [0.05, 0.1) is 36.3 Å². The number of anilines is 1. The predicted octanol–water partition coefficient (Wildman–Crippen LogP) is 5.51. The van der Waals surface area contributed by atoms with Crippen molar-refractivity contribution in [3.8, 4) is 11.4 Å². The minimum Gasteiger partial charge on any atom is -0.497 e. The second-order valence-corrected chi connectivity index (χ2v) is 8.46. The van der Waals surface area contributed by atoms with Crippen molar-refractivity contribution in [1.82, 2.24) is 4.57 Å². The maximum atomic E-state index is 14.6. The second-order valence-electron chi connectivity index (χ2n) is 8.46. The van der Waals surface area contributed by atoms with E-state index in [0.717, 1.165) is 4.57 Å². The van der Waals surface area contributed by atoms with Gasteiger partial charge in [0, 0.05) is 10.9 Å². The average molecular weight is 527 g/mol. The molecule has 4 aromatic rings. The summed E-state index contributed by atoms with van der Waals surface area (Å²) >= 11 is 0. The van der Waals surface area contributed by atoms with Crippen LogP contribution < -0.4 is 10.1 Å². The Morgan fingerprint density at radius 2 is 1.66 bits per heavy atom. The number of hydrogen-bond donors (Lipinski definition) is 2. The summed E-state index contributed by atoms with van der Waals surface area (Å²) in [4.78, 5) is 25.7. The molecule has 10 heteroatoms. The van der Waals surface area contributed by atoms with Crippen molar-refractivity contribution in [3.05, 3.63) is 89.6 Å². The highest BCUT2D eigenvalue weighted by atomic mass is 19.4. The molecule has 38 heavy (non-hydrogen) atoms. The molecule has 7 nitrogen and oxygen atoms in total. The monoisotopic (exact) mass is 526 g/mol. The summed E-state index contributed by atoms with van der Waals surface area (Å²) in [6.07, 6.45) is -5.44. The van der Waals surface area contributed by atoms with Crippen LogP contribution in [0.5, 0.6) is 5.75 Å². The molecular formula is C28H25F3N2O5. The van der Waals surface area contributed by atoms with Gasteiger partial charge < -0.3 is 24.5 Å². The minimum atomic E-state index is -5.44. The number of nitrogens with zero attached hydrogens (tertiary/aromatic N) is 1. The lowest BCUT2D eigenvalue weighted by Crippen LogP contribution is -2.51. The zero-order chi connectivity index (χ0) is 27.7. The van der Waals surface area contributed by atoms with Crippen LogP contribution in [0.25, 0.3) is 16.6 Å². The molecule has 0 spiro atoms. The smallest absolute Gasteiger partial charge is 0.434 e. The lowest BCUT2D eigenvalue weighted by molar-refractivity contribution is -0.269. The van der Waals surface area contributed by atoms with Crippen molar-refractivity contribution >= 4 is 28.5 Å². The average Bonchev–Trinajstić information content (AvgIpc) is 3.20. The van der Waals surface area contributed by atoms with Gasteiger partial charge in [-0.15, -0.1) is 0 Å². The van der Waals surface area contributed by atoms with Gasteiger partial charge in [-0.05, 0) is 61.9 Å². The van der Waals surface area contributed by atoms with E-state index in [2.05, 4.69) is 5.32 Å². The molecule has 0 radical (unpaired) electrons. The minimum absolute atomic E-state index is 0.0176. The van der Waals surface area contributed by atoms with E-state index >= 15 is 0 Å². The van der Waals surface area contributed by atoms with Crippen molar-refractivity contribution in [2.24, 2.45) is 0 Å². The van der Waals surface area contributed by atoms with Gasteiger partial charge >= 0.3 is 12.1 Å². The lowest BCUT2D eigenvalue weighted by Gasteiger charge is -2.30. The van der Waals surface area contributed by atoms with Crippen LogP contribution in [-0.2, 0) is 15.1 Å². The van der Waals surface area contributed by atoms with Gasteiger partial charge in [-0.25, -0.2) is 4.79 Å². The molecule has 2 N–H and O–H groups in total. The molecule has 0 saturated heterocycles. The molecule has 0 saturated carbocycles. The number of amides is 1. The first-order valence-corrected chi connectivity index (χ1v) is 11.7. The number of hydrogen-bond acceptors (Lipinski definition) is 5. The molecule has 0 aliphatic heterocycles. The van der Waals surface area contributed by atoms with Gasteiger partial charge in [0.25, 0.3) is 11.5 Å². The fourth-order valence-electron chi connectivity index (χ4n) is 4.38. The quantitative estimate of drug-likeness (QED) is 0.310. The van der Waals surface area contributed by atoms with Crippen LogP contribution in [0.2, 0.25) is 0 Å². The number of halogens is 3. The zero-order valence-corrected chi connectivity index (χ0v) is 20.8. The zero-order valence-electron chi connectivity index (χ0n) is 20.8. The number of alkyl halides is 3. The molecule has 0 aliphatic rings. The molecule has 0 bridgehead atoms. The van der Waals surface area contributed by atoms with E-state index < -0.39 is 29.3 Å². The third kappa shape index (κ3) is 4.47. The normalized spacial score (nSPS) is 13.1. The summed E-state index contributed by atoms with van der Waals surface area (Å²) in [6, 6.07) is 19.0. The summed E-state index contributed by atoms with van der Waals surface area (Å²) in [7, 11) is 1.41. The third-order valence-corrected chi connectivity index (χ3v) is 6.18. The molecular weight excluding hydrogens is 501 g/mol. The number of methoxy groups -OCH3 is 1. The Balaban J connectivity index is 2.05. The first kappa shape index (κ1) is 26.7. The molecule has 1 heterocycles. The first-order valence-electron chi connectivity index (χ1n) is 11.7. The standard InChI is InChI=1S/C28H25F3N2O5/c1-4-38-26(35)27(36,28(29,30)31)24-17(2)20-16-19(37-3)14-15-22(20)33(24)23-13-9-8-12-21(23)32-25(34)18-10-6-5-7-11-18/h5-16,36H,4H2,1-3H3,(H,32,34). The van der Waals surface area contributed by atoms with E-state index in [-0.39, 0.29) is 29.1 Å². The summed E-state index contributed by atoms with van der Waals surface area (Å²) in [5.41, 5.74) is -3.96. The van der Waals surface area contributed by atoms with Crippen molar-refractivity contribution in [2.75, 3.05) is 19.0 Å². The Morgan fingerprint density at radius 3 is 2.29 bits per heavy atom. The molecule has 1 atom stereocenters. The van der Waals surface area contributed by atoms with Crippen LogP contribution in [0.15, 0.2) is 72.8 Å². The number of nitrogens with one attached hydrogen (secondary N) is 1. The van der Waals surface area contributed by atoms with Gasteiger partial charge in [-0.3, -0.25) is 4.79 Å². The van der Waals surface area contributed by atoms with Crippen LogP contribution in [0.3, 0.4) is 0 Å². The number of carbonyl (C=O) groups excluding carboxylic acids is 2. The summed E-state index contributed by atoms with van der Waals surface area (Å²) in [5, 5.41) is 14.2. The van der Waals surface area contributed by atoms with Crippen LogP contribution in [0.4, 0.5) is 18.9 Å². The lowest BCUT2D eigenvalue weighted by atomic mass is 9.94. The highest BCUT2D eigenvalue weighted by Gasteiger charge is 2.64. The predicted molar refractivity (Wildman–Crippen MR) is 136 cm³/mol. The summed E-state index contributed by atoms with van der Waals surface area (Å²) in [5.74, 6) is -2.00. The van der Waals surface area contributed by atoms with Gasteiger partial charge in [0.15, 0.2) is 0 Å². The number of aromatic nitrogens is 1. The number of esters is 1. The van der Waals surface area contributed by atoms with Crippen LogP contribution in [-0.4, -0.2) is 41.4 Å². The Morgan fingerprint density at radius 1 is 1.00 bits per heavy atom. The van der Waals surface area contributed by atoms with Gasteiger partial charge in [-0.2, -0.15) is 13.2 Å². The van der Waals surface area contributed by atoms with Gasteiger partial charge in [0.1, 0.15) is 5.75 Å². The Labute approximate surface area is 216 Å². The largest absolute Gasteiger partial charge is 0.497 e. The van der Waals surface area contributed by atoms with Crippen molar-refractivity contribution in [1.29, 1.82) is 0 Å². The Hall–Kier alpha value is -4.31. The maximum Gasteiger partial charge on any atom is 0.434 e. The maximum absolute atomic E-state index is 14.6. The van der Waals surface area contributed by atoms with E-state index in [9.17, 15) is 27.9 Å². The number of aryl methyl sites for hydroxylation is 1.